The number of anilines is 2. The maximum Gasteiger partial charge on any atom is 0.244 e. The zero-order valence-electron chi connectivity index (χ0n) is 10.6. The quantitative estimate of drug-likeness (QED) is 0.820. The fraction of sp³-hybridized carbons (Fsp3) is 0.143. The molecule has 0 bridgehead atoms. The summed E-state index contributed by atoms with van der Waals surface area (Å²) in [5.41, 5.74) is 8.49. The molecule has 1 aromatic carbocycles. The predicted molar refractivity (Wildman–Crippen MR) is 73.4 cm³/mol. The van der Waals surface area contributed by atoms with Gasteiger partial charge in [-0.3, -0.25) is 4.79 Å². The Morgan fingerprint density at radius 3 is 2.95 bits per heavy atom. The van der Waals surface area contributed by atoms with Crippen molar-refractivity contribution in [3.63, 3.8) is 0 Å². The Bertz CT molecular complexity index is 652. The molecule has 0 atom stereocenters. The first kappa shape index (κ1) is 12.7. The van der Waals surface area contributed by atoms with Crippen molar-refractivity contribution in [2.45, 2.75) is 13.5 Å². The first-order chi connectivity index (χ1) is 9.10. The molecule has 96 valence electrons. The highest BCUT2D eigenvalue weighted by atomic mass is 16.1. The van der Waals surface area contributed by atoms with Crippen LogP contribution in [0.2, 0.25) is 0 Å². The molecule has 0 aliphatic heterocycles. The lowest BCUT2D eigenvalue weighted by Gasteiger charge is -2.08. The van der Waals surface area contributed by atoms with Gasteiger partial charge in [-0.05, 0) is 36.8 Å². The highest BCUT2D eigenvalue weighted by molar-refractivity contribution is 5.91. The summed E-state index contributed by atoms with van der Waals surface area (Å²) in [5.74, 6) is -0.198. The van der Waals surface area contributed by atoms with E-state index in [1.54, 1.807) is 35.0 Å². The van der Waals surface area contributed by atoms with Gasteiger partial charge in [0.25, 0.3) is 0 Å². The van der Waals surface area contributed by atoms with E-state index >= 15 is 0 Å². The number of carbonyl (C=O) groups is 1. The van der Waals surface area contributed by atoms with Gasteiger partial charge < -0.3 is 15.6 Å². The normalized spacial score (nSPS) is 9.89. The van der Waals surface area contributed by atoms with Crippen molar-refractivity contribution in [3.8, 4) is 6.07 Å². The van der Waals surface area contributed by atoms with Gasteiger partial charge in [0.05, 0.1) is 0 Å². The first-order valence-electron chi connectivity index (χ1n) is 5.81. The number of carbonyl (C=O) groups excluding carboxylic acids is 1. The highest BCUT2D eigenvalue weighted by Crippen LogP contribution is 2.16. The zero-order valence-corrected chi connectivity index (χ0v) is 10.6. The van der Waals surface area contributed by atoms with E-state index in [4.69, 9.17) is 11.0 Å². The van der Waals surface area contributed by atoms with E-state index in [1.807, 2.05) is 19.1 Å². The minimum Gasteiger partial charge on any atom is -0.398 e. The van der Waals surface area contributed by atoms with Crippen LogP contribution in [0.4, 0.5) is 11.4 Å². The maximum absolute atomic E-state index is 11.9. The van der Waals surface area contributed by atoms with E-state index in [2.05, 4.69) is 5.32 Å². The van der Waals surface area contributed by atoms with Crippen LogP contribution >= 0.6 is 0 Å². The monoisotopic (exact) mass is 254 g/mol. The summed E-state index contributed by atoms with van der Waals surface area (Å²) in [7, 11) is 0. The molecular formula is C14H14N4O. The van der Waals surface area contributed by atoms with Gasteiger partial charge in [-0.2, -0.15) is 5.26 Å². The van der Waals surface area contributed by atoms with E-state index in [9.17, 15) is 4.79 Å². The lowest BCUT2D eigenvalue weighted by molar-refractivity contribution is -0.116. The van der Waals surface area contributed by atoms with E-state index in [-0.39, 0.29) is 12.5 Å². The summed E-state index contributed by atoms with van der Waals surface area (Å²) >= 11 is 0. The summed E-state index contributed by atoms with van der Waals surface area (Å²) in [5, 5.41) is 11.6. The van der Waals surface area contributed by atoms with Gasteiger partial charge in [-0.25, -0.2) is 0 Å². The number of nitrogens with one attached hydrogen (secondary N) is 1. The lowest BCUT2D eigenvalue weighted by atomic mass is 10.2. The Morgan fingerprint density at radius 2 is 2.26 bits per heavy atom. The number of amides is 1. The number of aromatic nitrogens is 1. The van der Waals surface area contributed by atoms with Crippen molar-refractivity contribution in [3.05, 3.63) is 47.8 Å². The minimum absolute atomic E-state index is 0.101. The second kappa shape index (κ2) is 5.27. The molecule has 0 fully saturated rings. The summed E-state index contributed by atoms with van der Waals surface area (Å²) in [6.45, 7) is 2.00. The SMILES string of the molecule is Cc1ccc(NC(=O)Cn2cccc2C#N)cc1N. The smallest absolute Gasteiger partial charge is 0.244 e. The average molecular weight is 254 g/mol. The van der Waals surface area contributed by atoms with Crippen molar-refractivity contribution in [1.29, 1.82) is 5.26 Å². The molecular weight excluding hydrogens is 240 g/mol. The number of rotatable bonds is 3. The fourth-order valence-corrected chi connectivity index (χ4v) is 1.73. The van der Waals surface area contributed by atoms with Crippen molar-refractivity contribution in [1.82, 2.24) is 4.57 Å². The third-order valence-corrected chi connectivity index (χ3v) is 2.82. The van der Waals surface area contributed by atoms with Gasteiger partial charge in [0.15, 0.2) is 0 Å². The Hall–Kier alpha value is -2.74. The van der Waals surface area contributed by atoms with Gasteiger partial charge in [-0.1, -0.05) is 6.07 Å². The highest BCUT2D eigenvalue weighted by Gasteiger charge is 2.07. The van der Waals surface area contributed by atoms with Crippen LogP contribution in [0.1, 0.15) is 11.3 Å². The molecule has 0 saturated carbocycles. The van der Waals surface area contributed by atoms with Crippen molar-refractivity contribution < 1.29 is 4.79 Å². The van der Waals surface area contributed by atoms with Crippen molar-refractivity contribution in [2.75, 3.05) is 11.1 Å². The molecule has 1 heterocycles. The largest absolute Gasteiger partial charge is 0.398 e. The van der Waals surface area contributed by atoms with Gasteiger partial charge in [0, 0.05) is 17.6 Å². The summed E-state index contributed by atoms with van der Waals surface area (Å²) in [4.78, 5) is 11.9. The molecule has 0 unspecified atom stereocenters. The molecule has 3 N–H and O–H groups in total. The van der Waals surface area contributed by atoms with Crippen LogP contribution in [0, 0.1) is 18.3 Å². The number of nitriles is 1. The van der Waals surface area contributed by atoms with Gasteiger partial charge >= 0.3 is 0 Å². The maximum atomic E-state index is 11.9. The average Bonchev–Trinajstić information content (AvgIpc) is 2.81. The minimum atomic E-state index is -0.198. The Balaban J connectivity index is 2.06. The number of nitrogens with two attached hydrogens (primary N) is 1. The molecule has 5 nitrogen and oxygen atoms in total. The molecule has 5 heteroatoms. The molecule has 0 spiro atoms. The van der Waals surface area contributed by atoms with Crippen LogP contribution in [0.15, 0.2) is 36.5 Å². The van der Waals surface area contributed by atoms with Crippen LogP contribution in [-0.2, 0) is 11.3 Å². The molecule has 1 amide bonds. The van der Waals surface area contributed by atoms with Gasteiger partial charge in [0.2, 0.25) is 5.91 Å². The third kappa shape index (κ3) is 2.93. The summed E-state index contributed by atoms with van der Waals surface area (Å²) in [6, 6.07) is 10.8. The van der Waals surface area contributed by atoms with E-state index in [0.717, 1.165) is 5.56 Å². The zero-order chi connectivity index (χ0) is 13.8. The molecule has 1 aromatic heterocycles. The van der Waals surface area contributed by atoms with Crippen LogP contribution in [0.3, 0.4) is 0 Å². The van der Waals surface area contributed by atoms with Gasteiger partial charge in [0.1, 0.15) is 18.3 Å². The second-order valence-electron chi connectivity index (χ2n) is 4.25. The van der Waals surface area contributed by atoms with Crippen LogP contribution < -0.4 is 11.1 Å². The van der Waals surface area contributed by atoms with Crippen LogP contribution in [0.25, 0.3) is 0 Å². The van der Waals surface area contributed by atoms with E-state index < -0.39 is 0 Å². The summed E-state index contributed by atoms with van der Waals surface area (Å²) < 4.78 is 1.59. The lowest BCUT2D eigenvalue weighted by Crippen LogP contribution is -2.19. The second-order valence-corrected chi connectivity index (χ2v) is 4.25. The number of benzene rings is 1. The van der Waals surface area contributed by atoms with Crippen molar-refractivity contribution in [2.24, 2.45) is 0 Å². The molecule has 2 aromatic rings. The van der Waals surface area contributed by atoms with Crippen LogP contribution in [-0.4, -0.2) is 10.5 Å². The Morgan fingerprint density at radius 1 is 1.47 bits per heavy atom. The number of aryl methyl sites for hydroxylation is 1. The number of hydrogen-bond donors (Lipinski definition) is 2. The number of nitrogens with zero attached hydrogens (tertiary/aromatic N) is 2. The standard InChI is InChI=1S/C14H14N4O/c1-10-4-5-11(7-13(10)16)17-14(19)9-18-6-2-3-12(18)8-15/h2-7H,9,16H2,1H3,(H,17,19). The Kier molecular flexibility index (Phi) is 3.53. The fourth-order valence-electron chi connectivity index (χ4n) is 1.73. The van der Waals surface area contributed by atoms with E-state index in [1.165, 1.54) is 0 Å². The molecule has 0 radical (unpaired) electrons. The third-order valence-electron chi connectivity index (χ3n) is 2.82. The number of hydrogen-bond acceptors (Lipinski definition) is 3. The topological polar surface area (TPSA) is 83.8 Å². The predicted octanol–water partition coefficient (Wildman–Crippen LogP) is 1.89. The Labute approximate surface area is 111 Å². The molecule has 0 aliphatic rings. The van der Waals surface area contributed by atoms with E-state index in [0.29, 0.717) is 17.1 Å². The molecule has 2 rings (SSSR count). The van der Waals surface area contributed by atoms with Gasteiger partial charge in [-0.15, -0.1) is 0 Å². The molecule has 19 heavy (non-hydrogen) atoms. The molecule has 0 saturated heterocycles. The number of nitrogen functional groups attached to an aromatic ring is 1. The van der Waals surface area contributed by atoms with Crippen LogP contribution in [0.5, 0.6) is 0 Å². The molecule has 0 aliphatic carbocycles. The van der Waals surface area contributed by atoms with Crippen molar-refractivity contribution >= 4 is 17.3 Å². The first-order valence-corrected chi connectivity index (χ1v) is 5.81. The summed E-state index contributed by atoms with van der Waals surface area (Å²) in [6.07, 6.45) is 1.70.